The van der Waals surface area contributed by atoms with Crippen LogP contribution in [0.1, 0.15) is 72.1 Å². The van der Waals surface area contributed by atoms with Gasteiger partial charge in [0, 0.05) is 23.8 Å². The number of ketones is 2. The summed E-state index contributed by atoms with van der Waals surface area (Å²) in [5.74, 6) is 0.338. The molecule has 1 spiro atoms. The van der Waals surface area contributed by atoms with Crippen LogP contribution in [0.2, 0.25) is 0 Å². The highest BCUT2D eigenvalue weighted by Gasteiger charge is 2.65. The summed E-state index contributed by atoms with van der Waals surface area (Å²) >= 11 is 0. The molecule has 5 atom stereocenters. The van der Waals surface area contributed by atoms with Crippen molar-refractivity contribution in [3.8, 4) is 0 Å². The topological polar surface area (TPSA) is 70.9 Å². The summed E-state index contributed by atoms with van der Waals surface area (Å²) in [4.78, 5) is 31.2. The Hall–Kier alpha value is -1.82. The number of rotatable bonds is 5. The Morgan fingerprint density at radius 1 is 1.23 bits per heavy atom. The summed E-state index contributed by atoms with van der Waals surface area (Å²) < 4.78 is 0. The SMILES string of the molecule is CCCCO[NH+]([O-])C1CC2=CC(=O)C=CC2(C)C2=C1C1=CCC3(C)CCC(=O)C13CC2. The van der Waals surface area contributed by atoms with Gasteiger partial charge in [0.05, 0.1) is 5.41 Å². The molecule has 0 heterocycles. The largest absolute Gasteiger partial charge is 0.599 e. The monoisotopic (exact) mass is 423 g/mol. The van der Waals surface area contributed by atoms with Crippen LogP contribution < -0.4 is 5.23 Å². The van der Waals surface area contributed by atoms with Crippen LogP contribution in [0.4, 0.5) is 0 Å². The van der Waals surface area contributed by atoms with Gasteiger partial charge in [-0.15, -0.1) is 0 Å². The van der Waals surface area contributed by atoms with E-state index in [2.05, 4.69) is 26.8 Å². The van der Waals surface area contributed by atoms with Crippen molar-refractivity contribution in [3.63, 3.8) is 0 Å². The molecular formula is C26H33NO4. The van der Waals surface area contributed by atoms with Gasteiger partial charge in [0.1, 0.15) is 18.4 Å². The van der Waals surface area contributed by atoms with Crippen molar-refractivity contribution in [2.75, 3.05) is 6.61 Å². The van der Waals surface area contributed by atoms with Gasteiger partial charge in [0.15, 0.2) is 5.78 Å². The Bertz CT molecular complexity index is 972. The first-order chi connectivity index (χ1) is 14.8. The maximum absolute atomic E-state index is 13.3. The van der Waals surface area contributed by atoms with Crippen LogP contribution in [0.15, 0.2) is 46.6 Å². The zero-order chi connectivity index (χ0) is 22.0. The fraction of sp³-hybridized carbons (Fsp3) is 0.615. The van der Waals surface area contributed by atoms with Crippen LogP contribution in [0, 0.1) is 21.5 Å². The Balaban J connectivity index is 1.65. The minimum absolute atomic E-state index is 0.0134. The summed E-state index contributed by atoms with van der Waals surface area (Å²) in [7, 11) is 0. The van der Waals surface area contributed by atoms with E-state index >= 15 is 0 Å². The van der Waals surface area contributed by atoms with E-state index in [0.717, 1.165) is 55.2 Å². The molecule has 5 nitrogen and oxygen atoms in total. The van der Waals surface area contributed by atoms with Crippen LogP contribution in [-0.4, -0.2) is 24.2 Å². The van der Waals surface area contributed by atoms with Crippen molar-refractivity contribution in [2.45, 2.75) is 78.2 Å². The highest BCUT2D eigenvalue weighted by molar-refractivity contribution is 6.01. The second-order valence-corrected chi connectivity index (χ2v) is 10.5. The van der Waals surface area contributed by atoms with Gasteiger partial charge < -0.3 is 5.21 Å². The van der Waals surface area contributed by atoms with E-state index in [-0.39, 0.29) is 21.8 Å². The zero-order valence-corrected chi connectivity index (χ0v) is 18.9. The van der Waals surface area contributed by atoms with Crippen molar-refractivity contribution < 1.29 is 19.7 Å². The predicted molar refractivity (Wildman–Crippen MR) is 118 cm³/mol. The second-order valence-electron chi connectivity index (χ2n) is 10.5. The van der Waals surface area contributed by atoms with Crippen molar-refractivity contribution >= 4 is 11.6 Å². The van der Waals surface area contributed by atoms with Crippen molar-refractivity contribution in [1.82, 2.24) is 0 Å². The molecule has 1 saturated carbocycles. The minimum Gasteiger partial charge on any atom is -0.599 e. The van der Waals surface area contributed by atoms with Crippen molar-refractivity contribution in [2.24, 2.45) is 16.2 Å². The number of unbranched alkanes of at least 4 members (excludes halogenated alkanes) is 1. The summed E-state index contributed by atoms with van der Waals surface area (Å²) in [5.41, 5.74) is 3.56. The van der Waals surface area contributed by atoms with Gasteiger partial charge in [0.25, 0.3) is 0 Å². The molecule has 5 aliphatic rings. The van der Waals surface area contributed by atoms with Crippen molar-refractivity contribution in [3.05, 3.63) is 51.8 Å². The van der Waals surface area contributed by atoms with E-state index in [9.17, 15) is 14.8 Å². The van der Waals surface area contributed by atoms with Gasteiger partial charge in [-0.2, -0.15) is 0 Å². The number of carbonyl (C=O) groups excluding carboxylic acids is 2. The zero-order valence-electron chi connectivity index (χ0n) is 18.9. The number of hydroxylamine groups is 2. The van der Waals surface area contributed by atoms with Crippen LogP contribution in [-0.2, 0) is 14.4 Å². The Morgan fingerprint density at radius 2 is 2.03 bits per heavy atom. The summed E-state index contributed by atoms with van der Waals surface area (Å²) in [6.45, 7) is 6.92. The van der Waals surface area contributed by atoms with E-state index in [1.165, 1.54) is 5.57 Å². The van der Waals surface area contributed by atoms with Gasteiger partial charge >= 0.3 is 0 Å². The maximum Gasteiger partial charge on any atom is 0.178 e. The first-order valence-electron chi connectivity index (χ1n) is 11.9. The van der Waals surface area contributed by atoms with Gasteiger partial charge in [-0.05, 0) is 73.3 Å². The number of fused-ring (bicyclic) bond motifs is 3. The molecule has 5 heteroatoms. The lowest BCUT2D eigenvalue weighted by Crippen LogP contribution is -3.11. The Kier molecular flexibility index (Phi) is 4.82. The molecule has 5 unspecified atom stereocenters. The molecular weight excluding hydrogens is 390 g/mol. The van der Waals surface area contributed by atoms with Crippen molar-refractivity contribution in [1.29, 1.82) is 0 Å². The molecule has 0 aromatic carbocycles. The first kappa shape index (κ1) is 21.0. The number of hydrogen-bond donors (Lipinski definition) is 1. The number of allylic oxidation sites excluding steroid dienone is 5. The third-order valence-corrected chi connectivity index (χ3v) is 8.98. The normalized spacial score (nSPS) is 39.5. The maximum atomic E-state index is 13.3. The third kappa shape index (κ3) is 2.73. The highest BCUT2D eigenvalue weighted by Crippen LogP contribution is 2.69. The molecule has 0 amide bonds. The molecule has 0 aliphatic heterocycles. The Labute approximate surface area is 184 Å². The molecule has 1 fully saturated rings. The average Bonchev–Trinajstić information content (AvgIpc) is 3.18. The molecule has 0 aromatic rings. The number of quaternary nitrogens is 1. The molecule has 5 rings (SSSR count). The standard InChI is InChI=1S/C26H33NO4/c1-4-5-14-31-27(30)21-16-17-15-18(28)6-12-25(17,3)19-8-13-26-20(23(19)21)7-10-24(26,2)11-9-22(26)29/h6-7,12,15,21,27H,4-5,8-11,13-14,16H2,1-3H3. The van der Waals surface area contributed by atoms with E-state index in [0.29, 0.717) is 25.2 Å². The second kappa shape index (κ2) is 7.09. The molecule has 0 radical (unpaired) electrons. The molecule has 1 N–H and O–H groups in total. The van der Waals surface area contributed by atoms with E-state index in [1.807, 2.05) is 6.08 Å². The van der Waals surface area contributed by atoms with E-state index in [4.69, 9.17) is 4.84 Å². The highest BCUT2D eigenvalue weighted by atomic mass is 16.9. The number of Topliss-reactive ketones (excluding diaryl/α,β-unsaturated/α-hetero) is 1. The average molecular weight is 424 g/mol. The van der Waals surface area contributed by atoms with E-state index < -0.39 is 11.5 Å². The van der Waals surface area contributed by atoms with Crippen LogP contribution in [0.25, 0.3) is 0 Å². The predicted octanol–water partition coefficient (Wildman–Crippen LogP) is 3.72. The van der Waals surface area contributed by atoms with Gasteiger partial charge in [-0.1, -0.05) is 32.4 Å². The lowest BCUT2D eigenvalue weighted by molar-refractivity contribution is -1.07. The first-order valence-corrected chi connectivity index (χ1v) is 11.9. The molecule has 0 bridgehead atoms. The van der Waals surface area contributed by atoms with Gasteiger partial charge in [-0.25, -0.2) is 10.1 Å². The molecule has 0 aromatic heterocycles. The van der Waals surface area contributed by atoms with Gasteiger partial charge in [0.2, 0.25) is 0 Å². The lowest BCUT2D eigenvalue weighted by atomic mass is 9.52. The minimum atomic E-state index is -0.445. The van der Waals surface area contributed by atoms with Gasteiger partial charge in [-0.3, -0.25) is 9.59 Å². The fourth-order valence-corrected chi connectivity index (χ4v) is 7.10. The molecule has 5 aliphatic carbocycles. The lowest BCUT2D eigenvalue weighted by Gasteiger charge is -2.52. The van der Waals surface area contributed by atoms with E-state index in [1.54, 1.807) is 12.2 Å². The number of nitrogens with one attached hydrogen (secondary N) is 1. The fourth-order valence-electron chi connectivity index (χ4n) is 7.10. The van der Waals surface area contributed by atoms with Crippen LogP contribution in [0.3, 0.4) is 0 Å². The summed E-state index contributed by atoms with van der Waals surface area (Å²) in [5, 5.41) is 13.1. The molecule has 0 saturated heterocycles. The smallest absolute Gasteiger partial charge is 0.178 e. The third-order valence-electron chi connectivity index (χ3n) is 8.98. The van der Waals surface area contributed by atoms with Crippen LogP contribution in [0.5, 0.6) is 0 Å². The summed E-state index contributed by atoms with van der Waals surface area (Å²) in [6, 6.07) is -0.426. The summed E-state index contributed by atoms with van der Waals surface area (Å²) in [6.07, 6.45) is 14.0. The quantitative estimate of drug-likeness (QED) is 0.540. The van der Waals surface area contributed by atoms with Crippen LogP contribution >= 0.6 is 0 Å². The number of carbonyl (C=O) groups is 2. The molecule has 31 heavy (non-hydrogen) atoms. The Morgan fingerprint density at radius 3 is 2.81 bits per heavy atom. The number of hydrogen-bond acceptors (Lipinski definition) is 4. The molecule has 166 valence electrons.